The van der Waals surface area contributed by atoms with Gasteiger partial charge in [-0.3, -0.25) is 14.7 Å². The van der Waals surface area contributed by atoms with E-state index >= 15 is 4.39 Å². The Balaban J connectivity index is 1.39. The largest absolute Gasteiger partial charge is 0.468 e. The molecule has 5 heterocycles. The summed E-state index contributed by atoms with van der Waals surface area (Å²) in [7, 11) is 1.57. The van der Waals surface area contributed by atoms with Crippen molar-refractivity contribution in [3.05, 3.63) is 54.2 Å². The van der Waals surface area contributed by atoms with Crippen LogP contribution in [0.4, 0.5) is 10.2 Å². The van der Waals surface area contributed by atoms with E-state index < -0.39 is 5.82 Å². The van der Waals surface area contributed by atoms with E-state index in [0.717, 1.165) is 36.7 Å². The molecule has 0 amide bonds. The van der Waals surface area contributed by atoms with Crippen molar-refractivity contribution in [3.8, 4) is 17.0 Å². The van der Waals surface area contributed by atoms with Crippen LogP contribution >= 0.6 is 0 Å². The average molecular weight is 556 g/mol. The van der Waals surface area contributed by atoms with Crippen LogP contribution in [0.15, 0.2) is 42.6 Å². The molecule has 0 N–H and O–H groups in total. The molecule has 3 fully saturated rings. The molecule has 3 saturated heterocycles. The number of fused-ring (bicyclic) bond motifs is 3. The zero-order valence-corrected chi connectivity index (χ0v) is 23.4. The average Bonchev–Trinajstić information content (AvgIpc) is 3.56. The lowest BCUT2D eigenvalue weighted by Crippen LogP contribution is -2.41. The molecule has 9 heteroatoms. The quantitative estimate of drug-likeness (QED) is 0.284. The fourth-order valence-corrected chi connectivity index (χ4v) is 7.06. The Kier molecular flexibility index (Phi) is 6.79. The van der Waals surface area contributed by atoms with Gasteiger partial charge in [0.15, 0.2) is 12.6 Å². The van der Waals surface area contributed by atoms with Gasteiger partial charge in [-0.15, -0.1) is 0 Å². The first-order valence-corrected chi connectivity index (χ1v) is 14.6. The molecule has 8 nitrogen and oxygen atoms in total. The van der Waals surface area contributed by atoms with Crippen LogP contribution in [-0.4, -0.2) is 71.3 Å². The predicted molar refractivity (Wildman–Crippen MR) is 156 cm³/mol. The number of hydrogen-bond donors (Lipinski definition) is 0. The van der Waals surface area contributed by atoms with Crippen LogP contribution in [0.2, 0.25) is 0 Å². The zero-order chi connectivity index (χ0) is 28.0. The number of nitrogens with zero attached hydrogens (tertiary/aromatic N) is 5. The number of piperidine rings is 1. The fourth-order valence-electron chi connectivity index (χ4n) is 7.06. The van der Waals surface area contributed by atoms with Crippen molar-refractivity contribution < 1.29 is 18.7 Å². The molecule has 0 atom stereocenters. The van der Waals surface area contributed by atoms with E-state index in [1.165, 1.54) is 12.8 Å². The minimum Gasteiger partial charge on any atom is -0.468 e. The summed E-state index contributed by atoms with van der Waals surface area (Å²) >= 11 is 0. The summed E-state index contributed by atoms with van der Waals surface area (Å²) in [6.45, 7) is 3.42. The normalized spacial score (nSPS) is 18.9. The highest BCUT2D eigenvalue weighted by molar-refractivity contribution is 6.00. The van der Waals surface area contributed by atoms with E-state index in [0.29, 0.717) is 60.7 Å². The number of carbonyl (C=O) groups excluding carboxylic acids is 1. The number of aromatic nitrogens is 3. The molecule has 3 aliphatic rings. The van der Waals surface area contributed by atoms with E-state index in [9.17, 15) is 4.79 Å². The Bertz CT molecular complexity index is 1620. The van der Waals surface area contributed by atoms with Crippen molar-refractivity contribution in [1.29, 1.82) is 0 Å². The van der Waals surface area contributed by atoms with Gasteiger partial charge in [0.1, 0.15) is 34.4 Å². The maximum Gasteiger partial charge on any atom is 0.188 e. The minimum absolute atomic E-state index is 0.0539. The highest BCUT2D eigenvalue weighted by Crippen LogP contribution is 2.42. The fraction of sp³-hybridized carbons (Fsp3) is 0.438. The molecule has 0 saturated carbocycles. The summed E-state index contributed by atoms with van der Waals surface area (Å²) in [4.78, 5) is 31.3. The Morgan fingerprint density at radius 2 is 1.78 bits per heavy atom. The van der Waals surface area contributed by atoms with Crippen molar-refractivity contribution in [3.63, 3.8) is 0 Å². The Hall–Kier alpha value is -3.69. The maximum absolute atomic E-state index is 16.7. The van der Waals surface area contributed by atoms with Gasteiger partial charge in [0.05, 0.1) is 5.39 Å². The van der Waals surface area contributed by atoms with Crippen LogP contribution in [0.1, 0.15) is 44.3 Å². The second kappa shape index (κ2) is 10.6. The van der Waals surface area contributed by atoms with Gasteiger partial charge < -0.3 is 14.4 Å². The summed E-state index contributed by atoms with van der Waals surface area (Å²) in [5.41, 5.74) is 1.19. The summed E-state index contributed by atoms with van der Waals surface area (Å²) in [5, 5.41) is 2.37. The van der Waals surface area contributed by atoms with Gasteiger partial charge in [-0.2, -0.15) is 0 Å². The van der Waals surface area contributed by atoms with Crippen LogP contribution in [0, 0.1) is 5.82 Å². The van der Waals surface area contributed by atoms with E-state index in [1.54, 1.807) is 13.3 Å². The van der Waals surface area contributed by atoms with E-state index in [4.69, 9.17) is 19.4 Å². The molecule has 0 radical (unpaired) electrons. The van der Waals surface area contributed by atoms with Crippen LogP contribution in [0.25, 0.3) is 32.9 Å². The molecule has 2 aromatic carbocycles. The van der Waals surface area contributed by atoms with Crippen LogP contribution in [0.5, 0.6) is 5.75 Å². The number of benzene rings is 2. The van der Waals surface area contributed by atoms with Crippen LogP contribution in [-0.2, 0) is 16.0 Å². The molecule has 3 aliphatic heterocycles. The van der Waals surface area contributed by atoms with Crippen molar-refractivity contribution in [2.75, 3.05) is 45.0 Å². The van der Waals surface area contributed by atoms with Gasteiger partial charge in [0, 0.05) is 56.8 Å². The Morgan fingerprint density at radius 3 is 2.56 bits per heavy atom. The number of Topliss-reactive ketones (excluding diaryl/α,β-unsaturated/α-hetero) is 1. The second-order valence-corrected chi connectivity index (χ2v) is 11.5. The topological polar surface area (TPSA) is 80.7 Å². The molecule has 0 unspecified atom stereocenters. The lowest BCUT2D eigenvalue weighted by molar-refractivity contribution is -0.119. The number of ether oxygens (including phenoxy) is 2. The van der Waals surface area contributed by atoms with E-state index in [-0.39, 0.29) is 29.3 Å². The number of carbonyl (C=O) groups is 1. The van der Waals surface area contributed by atoms with Gasteiger partial charge in [-0.25, -0.2) is 14.4 Å². The van der Waals surface area contributed by atoms with Gasteiger partial charge in [0.25, 0.3) is 0 Å². The first-order valence-electron chi connectivity index (χ1n) is 14.6. The van der Waals surface area contributed by atoms with Gasteiger partial charge in [-0.1, -0.05) is 24.3 Å². The molecular weight excluding hydrogens is 521 g/mol. The van der Waals surface area contributed by atoms with Gasteiger partial charge >= 0.3 is 0 Å². The lowest BCUT2D eigenvalue weighted by atomic mass is 9.90. The van der Waals surface area contributed by atoms with Crippen LogP contribution in [0.3, 0.4) is 0 Å². The molecule has 4 aromatic rings. The van der Waals surface area contributed by atoms with E-state index in [2.05, 4.69) is 14.8 Å². The first kappa shape index (κ1) is 26.2. The number of halogens is 1. The molecule has 0 spiro atoms. The number of hydrogen-bond acceptors (Lipinski definition) is 8. The summed E-state index contributed by atoms with van der Waals surface area (Å²) in [6, 6.07) is 11.5. The molecule has 2 aromatic heterocycles. The monoisotopic (exact) mass is 555 g/mol. The summed E-state index contributed by atoms with van der Waals surface area (Å²) in [6.07, 6.45) is 7.90. The third kappa shape index (κ3) is 4.71. The predicted octanol–water partition coefficient (Wildman–Crippen LogP) is 5.31. The van der Waals surface area contributed by atoms with Crippen molar-refractivity contribution in [2.45, 2.75) is 50.5 Å². The zero-order valence-electron chi connectivity index (χ0n) is 23.4. The number of anilines is 1. The van der Waals surface area contributed by atoms with Crippen molar-refractivity contribution in [1.82, 2.24) is 19.9 Å². The third-order valence-corrected chi connectivity index (χ3v) is 9.06. The highest BCUT2D eigenvalue weighted by atomic mass is 19.1. The molecule has 212 valence electrons. The van der Waals surface area contributed by atoms with Gasteiger partial charge in [0.2, 0.25) is 0 Å². The third-order valence-electron chi connectivity index (χ3n) is 9.06. The molecular formula is C32H34FN5O3. The van der Waals surface area contributed by atoms with Crippen LogP contribution < -0.4 is 9.64 Å². The standard InChI is InChI=1S/C32H34FN5O3/c1-40-20-41-23-16-21-6-2-3-7-24(21)25(17-23)29-28(33)30-26(19-34-29)31(37-14-8-22(39)9-15-37)36-27(35-30)18-32-10-4-12-38(32)13-5-11-32/h2-3,6-7,16-17,19H,4-5,8-15,18,20H2,1H3. The van der Waals surface area contributed by atoms with Crippen molar-refractivity contribution >= 4 is 33.3 Å². The van der Waals surface area contributed by atoms with E-state index in [1.807, 2.05) is 36.4 Å². The first-order chi connectivity index (χ1) is 20.0. The summed E-state index contributed by atoms with van der Waals surface area (Å²) in [5.74, 6) is 1.69. The summed E-state index contributed by atoms with van der Waals surface area (Å²) < 4.78 is 27.6. The molecule has 41 heavy (non-hydrogen) atoms. The van der Waals surface area contributed by atoms with Gasteiger partial charge in [-0.05, 0) is 61.7 Å². The van der Waals surface area contributed by atoms with Crippen molar-refractivity contribution in [2.24, 2.45) is 0 Å². The number of ketones is 1. The number of pyridine rings is 1. The molecule has 0 aliphatic carbocycles. The highest BCUT2D eigenvalue weighted by Gasteiger charge is 2.45. The number of rotatable bonds is 7. The number of methoxy groups -OCH3 is 1. The SMILES string of the molecule is COCOc1cc(-c2ncc3c(N4CCC(=O)CC4)nc(CC45CCCN4CCC5)nc3c2F)c2ccccc2c1. The second-order valence-electron chi connectivity index (χ2n) is 11.5. The Labute approximate surface area is 238 Å². The maximum atomic E-state index is 16.7. The lowest BCUT2D eigenvalue weighted by Gasteiger charge is -2.32. The Morgan fingerprint density at radius 1 is 1.00 bits per heavy atom. The smallest absolute Gasteiger partial charge is 0.188 e. The molecule has 0 bridgehead atoms. The minimum atomic E-state index is -0.471. The molecule has 7 rings (SSSR count).